The van der Waals surface area contributed by atoms with Crippen molar-refractivity contribution < 1.29 is 0 Å². The molecular weight excluding hydrogens is 356 g/mol. The highest BCUT2D eigenvalue weighted by Gasteiger charge is 2.43. The molecule has 2 unspecified atom stereocenters. The molecule has 140 valence electrons. The third-order valence-corrected chi connectivity index (χ3v) is 6.05. The molecule has 4 aromatic rings. The highest BCUT2D eigenvalue weighted by molar-refractivity contribution is 5.78. The second-order valence-electron chi connectivity index (χ2n) is 7.83. The maximum absolute atomic E-state index is 4.92. The van der Waals surface area contributed by atoms with Crippen molar-refractivity contribution in [2.24, 2.45) is 0 Å². The van der Waals surface area contributed by atoms with Crippen LogP contribution in [0.1, 0.15) is 29.2 Å². The Morgan fingerprint density at radius 1 is 0.897 bits per heavy atom. The van der Waals surface area contributed by atoms with Gasteiger partial charge in [-0.25, -0.2) is 9.97 Å². The Kier molecular flexibility index (Phi) is 3.69. The largest absolute Gasteiger partial charge is 0.369 e. The molecule has 0 saturated heterocycles. The molecule has 4 nitrogen and oxygen atoms in total. The molecular formula is C25H20N4. The van der Waals surface area contributed by atoms with Crippen LogP contribution in [-0.2, 0) is 6.54 Å². The van der Waals surface area contributed by atoms with Crippen LogP contribution in [-0.4, -0.2) is 25.9 Å². The van der Waals surface area contributed by atoms with E-state index < -0.39 is 0 Å². The first kappa shape index (κ1) is 16.4. The minimum Gasteiger partial charge on any atom is -0.369 e. The average Bonchev–Trinajstić information content (AvgIpc) is 3.60. The molecule has 3 heterocycles. The van der Waals surface area contributed by atoms with E-state index in [2.05, 4.69) is 81.7 Å². The molecule has 29 heavy (non-hydrogen) atoms. The van der Waals surface area contributed by atoms with Gasteiger partial charge in [-0.15, -0.1) is 0 Å². The van der Waals surface area contributed by atoms with Crippen LogP contribution < -0.4 is 0 Å². The van der Waals surface area contributed by atoms with Crippen LogP contribution in [0.15, 0.2) is 79.5 Å². The summed E-state index contributed by atoms with van der Waals surface area (Å²) in [5.74, 6) is 0.498. The number of para-hydroxylation sites is 1. The number of pyridine rings is 1. The summed E-state index contributed by atoms with van der Waals surface area (Å²) < 4.78 is 0. The van der Waals surface area contributed by atoms with E-state index in [-0.39, 0.29) is 0 Å². The van der Waals surface area contributed by atoms with Gasteiger partial charge in [-0.3, -0.25) is 4.98 Å². The molecule has 2 aliphatic rings. The smallest absolute Gasteiger partial charge is 0.115 e. The van der Waals surface area contributed by atoms with Crippen molar-refractivity contribution in [2.75, 3.05) is 0 Å². The first-order chi connectivity index (χ1) is 14.4. The van der Waals surface area contributed by atoms with Crippen molar-refractivity contribution in [3.05, 3.63) is 96.3 Å². The highest BCUT2D eigenvalue weighted by Crippen LogP contribution is 2.46. The lowest BCUT2D eigenvalue weighted by Crippen LogP contribution is -2.24. The summed E-state index contributed by atoms with van der Waals surface area (Å²) in [7, 11) is 0. The average molecular weight is 376 g/mol. The molecule has 2 atom stereocenters. The SMILES string of the molecule is C1=CN(C2CC2c2ccc3ccccc3n2)Cc2c1cccc2-c1cncnc1. The van der Waals surface area contributed by atoms with Gasteiger partial charge >= 0.3 is 0 Å². The molecule has 4 heteroatoms. The molecule has 1 aliphatic carbocycles. The van der Waals surface area contributed by atoms with Crippen molar-refractivity contribution in [1.82, 2.24) is 19.9 Å². The summed E-state index contributed by atoms with van der Waals surface area (Å²) in [4.78, 5) is 15.8. The van der Waals surface area contributed by atoms with Crippen LogP contribution in [0.2, 0.25) is 0 Å². The summed E-state index contributed by atoms with van der Waals surface area (Å²) in [6.45, 7) is 0.908. The highest BCUT2D eigenvalue weighted by atomic mass is 15.2. The fraction of sp³-hybridized carbons (Fsp3) is 0.160. The third-order valence-electron chi connectivity index (χ3n) is 6.05. The number of hydrogen-bond donors (Lipinski definition) is 0. The predicted octanol–water partition coefficient (Wildman–Crippen LogP) is 5.03. The van der Waals surface area contributed by atoms with Crippen molar-refractivity contribution in [2.45, 2.75) is 24.9 Å². The summed E-state index contributed by atoms with van der Waals surface area (Å²) in [6, 6.07) is 19.7. The zero-order valence-corrected chi connectivity index (χ0v) is 15.9. The van der Waals surface area contributed by atoms with Crippen LogP contribution >= 0.6 is 0 Å². The summed E-state index contributed by atoms with van der Waals surface area (Å²) in [6.07, 6.45) is 11.0. The predicted molar refractivity (Wildman–Crippen MR) is 115 cm³/mol. The van der Waals surface area contributed by atoms with Gasteiger partial charge in [0.1, 0.15) is 6.33 Å². The number of rotatable bonds is 3. The summed E-state index contributed by atoms with van der Waals surface area (Å²) in [5.41, 5.74) is 7.21. The lowest BCUT2D eigenvalue weighted by Gasteiger charge is -2.27. The van der Waals surface area contributed by atoms with Gasteiger partial charge in [0.25, 0.3) is 0 Å². The zero-order chi connectivity index (χ0) is 19.2. The lowest BCUT2D eigenvalue weighted by atomic mass is 9.94. The minimum absolute atomic E-state index is 0.498. The van der Waals surface area contributed by atoms with E-state index in [1.54, 1.807) is 6.33 Å². The van der Waals surface area contributed by atoms with Gasteiger partial charge in [0.05, 0.1) is 5.52 Å². The van der Waals surface area contributed by atoms with Gasteiger partial charge in [-0.1, -0.05) is 42.5 Å². The fourth-order valence-corrected chi connectivity index (χ4v) is 4.44. The van der Waals surface area contributed by atoms with Crippen LogP contribution in [0, 0.1) is 0 Å². The normalized spacial score (nSPS) is 19.9. The zero-order valence-electron chi connectivity index (χ0n) is 15.9. The molecule has 0 amide bonds. The Labute approximate surface area is 169 Å². The van der Waals surface area contributed by atoms with Crippen LogP contribution in [0.25, 0.3) is 28.1 Å². The Hall–Kier alpha value is -3.53. The summed E-state index contributed by atoms with van der Waals surface area (Å²) >= 11 is 0. The first-order valence-electron chi connectivity index (χ1n) is 10.0. The van der Waals surface area contributed by atoms with Gasteiger partial charge < -0.3 is 4.90 Å². The van der Waals surface area contributed by atoms with Crippen molar-refractivity contribution in [3.63, 3.8) is 0 Å². The molecule has 0 bridgehead atoms. The number of benzene rings is 2. The number of nitrogens with zero attached hydrogens (tertiary/aromatic N) is 4. The van der Waals surface area contributed by atoms with E-state index in [1.165, 1.54) is 27.8 Å². The van der Waals surface area contributed by atoms with Gasteiger partial charge in [0.2, 0.25) is 0 Å². The van der Waals surface area contributed by atoms with Crippen molar-refractivity contribution in [1.29, 1.82) is 0 Å². The Morgan fingerprint density at radius 2 is 1.79 bits per heavy atom. The maximum atomic E-state index is 4.92. The third kappa shape index (κ3) is 2.88. The van der Waals surface area contributed by atoms with Gasteiger partial charge in [0.15, 0.2) is 0 Å². The van der Waals surface area contributed by atoms with E-state index in [4.69, 9.17) is 4.98 Å². The maximum Gasteiger partial charge on any atom is 0.115 e. The molecule has 2 aromatic heterocycles. The second kappa shape index (κ2) is 6.52. The van der Waals surface area contributed by atoms with E-state index >= 15 is 0 Å². The van der Waals surface area contributed by atoms with E-state index in [0.29, 0.717) is 12.0 Å². The quantitative estimate of drug-likeness (QED) is 0.503. The Balaban J connectivity index is 1.28. The number of hydrogen-bond acceptors (Lipinski definition) is 4. The monoisotopic (exact) mass is 376 g/mol. The Morgan fingerprint density at radius 3 is 2.72 bits per heavy atom. The van der Waals surface area contributed by atoms with Crippen molar-refractivity contribution >= 4 is 17.0 Å². The molecule has 1 saturated carbocycles. The molecule has 1 aliphatic heterocycles. The van der Waals surface area contributed by atoms with Crippen molar-refractivity contribution in [3.8, 4) is 11.1 Å². The molecule has 6 rings (SSSR count). The van der Waals surface area contributed by atoms with Crippen LogP contribution in [0.3, 0.4) is 0 Å². The number of aromatic nitrogens is 3. The molecule has 0 N–H and O–H groups in total. The first-order valence-corrected chi connectivity index (χ1v) is 10.0. The van der Waals surface area contributed by atoms with Gasteiger partial charge in [-0.2, -0.15) is 0 Å². The minimum atomic E-state index is 0.498. The molecule has 0 spiro atoms. The topological polar surface area (TPSA) is 41.9 Å². The summed E-state index contributed by atoms with van der Waals surface area (Å²) in [5, 5.41) is 1.20. The standard InChI is InChI=1S/C25H20N4/c1-2-7-23-18(4-1)8-9-24(28-23)21-12-25(21)29-11-10-17-5-3-6-20(22(17)15-29)19-13-26-16-27-14-19/h1-11,13-14,16,21,25H,12,15H2. The Bertz CT molecular complexity index is 1230. The lowest BCUT2D eigenvalue weighted by molar-refractivity contribution is 0.350. The second-order valence-corrected chi connectivity index (χ2v) is 7.83. The van der Waals surface area contributed by atoms with Crippen LogP contribution in [0.4, 0.5) is 0 Å². The molecule has 1 fully saturated rings. The van der Waals surface area contributed by atoms with E-state index in [9.17, 15) is 0 Å². The van der Waals surface area contributed by atoms with E-state index in [0.717, 1.165) is 24.0 Å². The molecule has 0 radical (unpaired) electrons. The van der Waals surface area contributed by atoms with Crippen LogP contribution in [0.5, 0.6) is 0 Å². The van der Waals surface area contributed by atoms with Gasteiger partial charge in [-0.05, 0) is 41.3 Å². The molecule has 2 aromatic carbocycles. The van der Waals surface area contributed by atoms with E-state index in [1.807, 2.05) is 12.4 Å². The van der Waals surface area contributed by atoms with Gasteiger partial charge in [0, 0.05) is 53.7 Å². The fourth-order valence-electron chi connectivity index (χ4n) is 4.44. The number of fused-ring (bicyclic) bond motifs is 2.